The quantitative estimate of drug-likeness (QED) is 0.0595. The molecule has 0 bridgehead atoms. The first kappa shape index (κ1) is 36.7. The van der Waals surface area contributed by atoms with Gasteiger partial charge < -0.3 is 9.47 Å². The fourth-order valence-corrected chi connectivity index (χ4v) is 5.55. The Bertz CT molecular complexity index is 1340. The minimum absolute atomic E-state index is 0.664. The van der Waals surface area contributed by atoms with Crippen LogP contribution in [0.1, 0.15) is 113 Å². The summed E-state index contributed by atoms with van der Waals surface area (Å²) in [6.07, 6.45) is 21.2. The summed E-state index contributed by atoms with van der Waals surface area (Å²) < 4.78 is 11.9. The third-order valence-corrected chi connectivity index (χ3v) is 8.57. The highest BCUT2D eigenvalue weighted by atomic mass is 16.5. The van der Waals surface area contributed by atoms with Crippen molar-refractivity contribution in [2.45, 2.75) is 104 Å². The Morgan fingerprint density at radius 3 is 1.17 bits per heavy atom. The van der Waals surface area contributed by atoms with Gasteiger partial charge in [-0.15, -0.1) is 0 Å². The van der Waals surface area contributed by atoms with Gasteiger partial charge in [0.2, 0.25) is 0 Å². The average Bonchev–Trinajstić information content (AvgIpc) is 3.13. The topological polar surface area (TPSA) is 43.2 Å². The van der Waals surface area contributed by atoms with Crippen LogP contribution in [0.3, 0.4) is 0 Å². The molecule has 0 aliphatic carbocycles. The normalized spacial score (nSPS) is 11.5. The van der Waals surface area contributed by atoms with E-state index in [0.717, 1.165) is 59.7 Å². The molecule has 4 heteroatoms. The fraction of sp³-hybridized carbons (Fsp3) is 0.409. The number of benzene rings is 4. The standard InChI is InChI=1S/C44H56N2O2/c1-3-5-7-9-11-15-37-17-25-41(26-18-37)45-35-39-21-29-43(30-22-39)47-33-13-14-34-48-44-31-23-40(24-32-44)36-46-42-27-19-38(20-28-42)16-12-10-8-6-4-2/h17-32,35-36H,3-16,33-34H2,1-2H3. The van der Waals surface area contributed by atoms with E-state index < -0.39 is 0 Å². The predicted molar refractivity (Wildman–Crippen MR) is 205 cm³/mol. The predicted octanol–water partition coefficient (Wildman–Crippen LogP) is 12.5. The third-order valence-electron chi connectivity index (χ3n) is 8.57. The Hall–Kier alpha value is -4.18. The lowest BCUT2D eigenvalue weighted by molar-refractivity contribution is 0.266. The summed E-state index contributed by atoms with van der Waals surface area (Å²) in [6.45, 7) is 5.85. The van der Waals surface area contributed by atoms with E-state index in [4.69, 9.17) is 9.47 Å². The molecule has 0 amide bonds. The number of unbranched alkanes of at least 4 members (excludes halogenated alkanes) is 9. The molecule has 0 fully saturated rings. The van der Waals surface area contributed by atoms with Crippen LogP contribution in [0.2, 0.25) is 0 Å². The van der Waals surface area contributed by atoms with Crippen molar-refractivity contribution in [3.05, 3.63) is 119 Å². The summed E-state index contributed by atoms with van der Waals surface area (Å²) in [5.74, 6) is 1.75. The van der Waals surface area contributed by atoms with E-state index in [0.29, 0.717) is 13.2 Å². The maximum Gasteiger partial charge on any atom is 0.119 e. The second-order valence-electron chi connectivity index (χ2n) is 12.7. The smallest absolute Gasteiger partial charge is 0.119 e. The molecule has 0 saturated carbocycles. The molecule has 0 heterocycles. The van der Waals surface area contributed by atoms with Gasteiger partial charge in [-0.3, -0.25) is 9.98 Å². The molecule has 4 aromatic carbocycles. The summed E-state index contributed by atoms with van der Waals surface area (Å²) in [5, 5.41) is 0. The number of nitrogens with zero attached hydrogens (tertiary/aromatic N) is 2. The lowest BCUT2D eigenvalue weighted by Crippen LogP contribution is -2.02. The van der Waals surface area contributed by atoms with Crippen LogP contribution in [0.25, 0.3) is 0 Å². The van der Waals surface area contributed by atoms with Gasteiger partial charge in [0.25, 0.3) is 0 Å². The molecular formula is C44H56N2O2. The van der Waals surface area contributed by atoms with Crippen LogP contribution in [0.4, 0.5) is 11.4 Å². The van der Waals surface area contributed by atoms with Crippen LogP contribution < -0.4 is 9.47 Å². The summed E-state index contributed by atoms with van der Waals surface area (Å²) in [5.41, 5.74) is 6.88. The van der Waals surface area contributed by atoms with E-state index in [1.165, 1.54) is 75.3 Å². The van der Waals surface area contributed by atoms with Crippen molar-refractivity contribution >= 4 is 23.8 Å². The van der Waals surface area contributed by atoms with Crippen molar-refractivity contribution in [1.82, 2.24) is 0 Å². The molecule has 0 radical (unpaired) electrons. The van der Waals surface area contributed by atoms with Crippen LogP contribution in [-0.4, -0.2) is 25.6 Å². The van der Waals surface area contributed by atoms with Crippen LogP contribution in [0.15, 0.2) is 107 Å². The first-order chi connectivity index (χ1) is 23.7. The van der Waals surface area contributed by atoms with E-state index in [9.17, 15) is 0 Å². The third kappa shape index (κ3) is 14.7. The van der Waals surface area contributed by atoms with E-state index in [1.54, 1.807) is 0 Å². The fourth-order valence-electron chi connectivity index (χ4n) is 5.55. The zero-order valence-electron chi connectivity index (χ0n) is 29.4. The first-order valence-electron chi connectivity index (χ1n) is 18.4. The molecule has 0 atom stereocenters. The Balaban J connectivity index is 1.07. The monoisotopic (exact) mass is 644 g/mol. The van der Waals surface area contributed by atoms with Gasteiger partial charge in [-0.05, 0) is 134 Å². The van der Waals surface area contributed by atoms with Crippen molar-refractivity contribution in [2.24, 2.45) is 9.98 Å². The van der Waals surface area contributed by atoms with Crippen LogP contribution in [0.5, 0.6) is 11.5 Å². The molecule has 0 N–H and O–H groups in total. The van der Waals surface area contributed by atoms with Crippen molar-refractivity contribution < 1.29 is 9.47 Å². The molecule has 48 heavy (non-hydrogen) atoms. The lowest BCUT2D eigenvalue weighted by atomic mass is 10.1. The van der Waals surface area contributed by atoms with Gasteiger partial charge in [-0.25, -0.2) is 0 Å². The van der Waals surface area contributed by atoms with Gasteiger partial charge in [0.05, 0.1) is 24.6 Å². The minimum atomic E-state index is 0.664. The van der Waals surface area contributed by atoms with Crippen LogP contribution >= 0.6 is 0 Å². The first-order valence-corrected chi connectivity index (χ1v) is 18.4. The van der Waals surface area contributed by atoms with Crippen molar-refractivity contribution in [2.75, 3.05) is 13.2 Å². The minimum Gasteiger partial charge on any atom is -0.494 e. The molecule has 4 aromatic rings. The van der Waals surface area contributed by atoms with Gasteiger partial charge in [0.1, 0.15) is 11.5 Å². The molecule has 0 aliphatic heterocycles. The Morgan fingerprint density at radius 2 is 0.792 bits per heavy atom. The van der Waals surface area contributed by atoms with E-state index in [-0.39, 0.29) is 0 Å². The van der Waals surface area contributed by atoms with Crippen molar-refractivity contribution in [3.63, 3.8) is 0 Å². The molecule has 4 rings (SSSR count). The van der Waals surface area contributed by atoms with Crippen LogP contribution in [0, 0.1) is 0 Å². The number of hydrogen-bond acceptors (Lipinski definition) is 4. The zero-order valence-corrected chi connectivity index (χ0v) is 29.4. The second-order valence-corrected chi connectivity index (χ2v) is 12.7. The average molecular weight is 645 g/mol. The van der Waals surface area contributed by atoms with Crippen LogP contribution in [-0.2, 0) is 12.8 Å². The second kappa shape index (κ2) is 22.4. The van der Waals surface area contributed by atoms with Gasteiger partial charge >= 0.3 is 0 Å². The maximum atomic E-state index is 5.94. The van der Waals surface area contributed by atoms with Gasteiger partial charge in [0, 0.05) is 12.4 Å². The molecule has 0 unspecified atom stereocenters. The largest absolute Gasteiger partial charge is 0.494 e. The molecule has 254 valence electrons. The Morgan fingerprint density at radius 1 is 0.417 bits per heavy atom. The summed E-state index contributed by atoms with van der Waals surface area (Å²) >= 11 is 0. The number of ether oxygens (including phenoxy) is 2. The summed E-state index contributed by atoms with van der Waals surface area (Å²) in [6, 6.07) is 33.5. The highest BCUT2D eigenvalue weighted by molar-refractivity contribution is 5.82. The van der Waals surface area contributed by atoms with E-state index >= 15 is 0 Å². The Labute approximate surface area is 290 Å². The molecular weight excluding hydrogens is 588 g/mol. The van der Waals surface area contributed by atoms with Gasteiger partial charge in [-0.1, -0.05) is 89.5 Å². The SMILES string of the molecule is CCCCCCCc1ccc(N=Cc2ccc(OCCCCOc3ccc(C=Nc4ccc(CCCCCCC)cc4)cc3)cc2)cc1. The molecule has 0 saturated heterocycles. The van der Waals surface area contributed by atoms with E-state index in [1.807, 2.05) is 61.0 Å². The van der Waals surface area contributed by atoms with Gasteiger partial charge in [0.15, 0.2) is 0 Å². The van der Waals surface area contributed by atoms with E-state index in [2.05, 4.69) is 72.4 Å². The maximum absolute atomic E-state index is 5.94. The number of aliphatic imine (C=N–C) groups is 2. The van der Waals surface area contributed by atoms with Crippen molar-refractivity contribution in [3.8, 4) is 11.5 Å². The zero-order chi connectivity index (χ0) is 33.5. The highest BCUT2D eigenvalue weighted by Gasteiger charge is 2.00. The summed E-state index contributed by atoms with van der Waals surface area (Å²) in [4.78, 5) is 9.29. The number of aryl methyl sites for hydroxylation is 2. The number of hydrogen-bond donors (Lipinski definition) is 0. The van der Waals surface area contributed by atoms with Crippen molar-refractivity contribution in [1.29, 1.82) is 0 Å². The Kier molecular flexibility index (Phi) is 17.1. The summed E-state index contributed by atoms with van der Waals surface area (Å²) in [7, 11) is 0. The highest BCUT2D eigenvalue weighted by Crippen LogP contribution is 2.19. The van der Waals surface area contributed by atoms with Gasteiger partial charge in [-0.2, -0.15) is 0 Å². The molecule has 0 spiro atoms. The molecule has 0 aliphatic rings. The lowest BCUT2D eigenvalue weighted by Gasteiger charge is -2.08. The molecule has 0 aromatic heterocycles. The number of rotatable bonds is 23. The molecule has 4 nitrogen and oxygen atoms in total.